The number of thiazole rings is 2. The maximum Gasteiger partial charge on any atom is 1.00 e. The van der Waals surface area contributed by atoms with Gasteiger partial charge < -0.3 is 36.0 Å². The van der Waals surface area contributed by atoms with Crippen molar-refractivity contribution in [1.29, 1.82) is 0 Å². The SMILES string of the molecule is CCON=C(C(=O)N[C@@H]1C(=O)N2C(C(=O)[O-])=C(CSc3nc(-c4ccc(O)c(O)c4)cs3)CS[C@H]12)c1csc(N)n1.[Na+]. The third kappa shape index (κ3) is 6.56. The number of aromatic hydroxyl groups is 2. The van der Waals surface area contributed by atoms with E-state index in [9.17, 15) is 29.7 Å². The molecule has 5 N–H and O–H groups in total. The van der Waals surface area contributed by atoms with Gasteiger partial charge in [0.25, 0.3) is 11.8 Å². The second-order valence-corrected chi connectivity index (χ2v) is 12.6. The fraction of sp³-hybridized carbons (Fsp3) is 0.250. The first-order valence-electron chi connectivity index (χ1n) is 11.9. The molecular formula is C24H21N6NaO7S4. The van der Waals surface area contributed by atoms with Crippen molar-refractivity contribution in [2.75, 3.05) is 23.8 Å². The van der Waals surface area contributed by atoms with Gasteiger partial charge in [0.15, 0.2) is 26.7 Å². The number of carbonyl (C=O) groups is 3. The minimum absolute atomic E-state index is 0. The van der Waals surface area contributed by atoms with Gasteiger partial charge in [-0.2, -0.15) is 0 Å². The normalized spacial score (nSPS) is 18.2. The Labute approximate surface area is 277 Å². The number of carboxylic acids is 1. The van der Waals surface area contributed by atoms with Gasteiger partial charge in [-0.25, -0.2) is 9.97 Å². The molecule has 1 fully saturated rings. The summed E-state index contributed by atoms with van der Waals surface area (Å²) < 4.78 is 0.647. The summed E-state index contributed by atoms with van der Waals surface area (Å²) in [5.41, 5.74) is 7.20. The number of hydrogen-bond acceptors (Lipinski definition) is 15. The number of rotatable bonds is 10. The largest absolute Gasteiger partial charge is 1.00 e. The summed E-state index contributed by atoms with van der Waals surface area (Å²) in [6.45, 7) is 1.90. The maximum absolute atomic E-state index is 13.1. The topological polar surface area (TPSA) is 203 Å². The summed E-state index contributed by atoms with van der Waals surface area (Å²) in [5.74, 6) is -2.74. The molecule has 2 aliphatic heterocycles. The summed E-state index contributed by atoms with van der Waals surface area (Å²) in [6, 6.07) is 3.40. The molecule has 42 heavy (non-hydrogen) atoms. The van der Waals surface area contributed by atoms with E-state index in [2.05, 4.69) is 20.4 Å². The van der Waals surface area contributed by atoms with E-state index in [0.717, 1.165) is 16.2 Å². The van der Waals surface area contributed by atoms with Crippen molar-refractivity contribution in [1.82, 2.24) is 20.2 Å². The van der Waals surface area contributed by atoms with Gasteiger partial charge in [-0.1, -0.05) is 16.9 Å². The number of nitrogen functional groups attached to an aromatic ring is 1. The number of β-lactam (4-membered cyclic amide) rings is 1. The Morgan fingerprint density at radius 2 is 2.05 bits per heavy atom. The van der Waals surface area contributed by atoms with Gasteiger partial charge in [0.1, 0.15) is 23.7 Å². The van der Waals surface area contributed by atoms with Crippen LogP contribution < -0.4 is 45.7 Å². The van der Waals surface area contributed by atoms with Crippen LogP contribution in [0, 0.1) is 0 Å². The number of aromatic nitrogens is 2. The first-order valence-corrected chi connectivity index (χ1v) is 15.7. The van der Waals surface area contributed by atoms with Crippen molar-refractivity contribution in [3.8, 4) is 22.8 Å². The van der Waals surface area contributed by atoms with Gasteiger partial charge in [0.2, 0.25) is 0 Å². The molecule has 5 rings (SSSR count). The zero-order chi connectivity index (χ0) is 29.3. The number of phenolic OH excluding ortho intramolecular Hbond substituents is 2. The van der Waals surface area contributed by atoms with Crippen LogP contribution in [0.3, 0.4) is 0 Å². The van der Waals surface area contributed by atoms with Crippen LogP contribution in [-0.2, 0) is 19.2 Å². The molecule has 1 aromatic carbocycles. The third-order valence-corrected chi connectivity index (χ3v) is 10.0. The van der Waals surface area contributed by atoms with Gasteiger partial charge in [0, 0.05) is 27.8 Å². The van der Waals surface area contributed by atoms with Crippen molar-refractivity contribution < 1.29 is 64.1 Å². The van der Waals surface area contributed by atoms with E-state index in [0.29, 0.717) is 26.9 Å². The Balaban J connectivity index is 0.00000405. The fourth-order valence-electron chi connectivity index (χ4n) is 4.01. The summed E-state index contributed by atoms with van der Waals surface area (Å²) in [7, 11) is 0. The Hall–Kier alpha value is -2.80. The van der Waals surface area contributed by atoms with E-state index in [-0.39, 0.29) is 75.7 Å². The van der Waals surface area contributed by atoms with Gasteiger partial charge in [-0.3, -0.25) is 14.5 Å². The first kappa shape index (κ1) is 32.1. The maximum atomic E-state index is 13.1. The number of carboxylic acid groups (broad SMARTS) is 1. The molecule has 2 atom stereocenters. The molecule has 0 spiro atoms. The van der Waals surface area contributed by atoms with Crippen molar-refractivity contribution in [3.05, 3.63) is 45.9 Å². The molecule has 18 heteroatoms. The van der Waals surface area contributed by atoms with Crippen LogP contribution in [0.1, 0.15) is 12.6 Å². The van der Waals surface area contributed by atoms with E-state index in [1.807, 2.05) is 0 Å². The molecular weight excluding hydrogens is 636 g/mol. The zero-order valence-electron chi connectivity index (χ0n) is 22.1. The number of nitrogens with zero attached hydrogens (tertiary/aromatic N) is 4. The number of amides is 2. The van der Waals surface area contributed by atoms with E-state index in [4.69, 9.17) is 10.6 Å². The van der Waals surface area contributed by atoms with E-state index >= 15 is 0 Å². The van der Waals surface area contributed by atoms with Crippen LogP contribution >= 0.6 is 46.2 Å². The van der Waals surface area contributed by atoms with E-state index in [1.165, 1.54) is 52.4 Å². The molecule has 2 aromatic heterocycles. The zero-order valence-corrected chi connectivity index (χ0v) is 27.4. The Morgan fingerprint density at radius 3 is 2.71 bits per heavy atom. The van der Waals surface area contributed by atoms with Crippen LogP contribution in [0.25, 0.3) is 11.3 Å². The second-order valence-electron chi connectivity index (χ2n) is 8.52. The number of benzene rings is 1. The molecule has 0 saturated carbocycles. The molecule has 0 bridgehead atoms. The van der Waals surface area contributed by atoms with Gasteiger partial charge in [0.05, 0.1) is 17.4 Å². The molecule has 214 valence electrons. The van der Waals surface area contributed by atoms with Crippen LogP contribution in [0.4, 0.5) is 5.13 Å². The molecule has 13 nitrogen and oxygen atoms in total. The number of fused-ring (bicyclic) bond motifs is 1. The van der Waals surface area contributed by atoms with E-state index < -0.39 is 29.2 Å². The van der Waals surface area contributed by atoms with Crippen LogP contribution in [0.2, 0.25) is 0 Å². The molecule has 1 saturated heterocycles. The molecule has 0 unspecified atom stereocenters. The average molecular weight is 657 g/mol. The summed E-state index contributed by atoms with van der Waals surface area (Å²) in [5, 5.41) is 40.7. The minimum Gasteiger partial charge on any atom is -0.543 e. The predicted molar refractivity (Wildman–Crippen MR) is 153 cm³/mol. The van der Waals surface area contributed by atoms with Crippen LogP contribution in [-0.4, -0.2) is 78.1 Å². The molecule has 0 radical (unpaired) electrons. The number of aliphatic carboxylic acids is 1. The molecule has 0 aliphatic carbocycles. The van der Waals surface area contributed by atoms with Gasteiger partial charge in [-0.05, 0) is 30.7 Å². The Kier molecular flexibility index (Phi) is 10.4. The molecule has 4 heterocycles. The van der Waals surface area contributed by atoms with Crippen molar-refractivity contribution in [3.63, 3.8) is 0 Å². The first-order chi connectivity index (χ1) is 19.7. The molecule has 2 amide bonds. The number of hydrogen-bond donors (Lipinski definition) is 4. The number of oxime groups is 1. The van der Waals surface area contributed by atoms with Gasteiger partial charge in [-0.15, -0.1) is 34.4 Å². The average Bonchev–Trinajstić information content (AvgIpc) is 3.60. The third-order valence-electron chi connectivity index (χ3n) is 5.92. The van der Waals surface area contributed by atoms with Crippen LogP contribution in [0.5, 0.6) is 11.5 Å². The predicted octanol–water partition coefficient (Wildman–Crippen LogP) is -1.80. The van der Waals surface area contributed by atoms with Crippen molar-refractivity contribution in [2.45, 2.75) is 22.7 Å². The number of nitrogens with one attached hydrogen (secondary N) is 1. The van der Waals surface area contributed by atoms with Crippen molar-refractivity contribution >= 4 is 74.8 Å². The summed E-state index contributed by atoms with van der Waals surface area (Å²) >= 11 is 5.08. The summed E-state index contributed by atoms with van der Waals surface area (Å²) in [4.78, 5) is 52.9. The monoisotopic (exact) mass is 656 g/mol. The number of phenols is 2. The Bertz CT molecular complexity index is 1590. The quantitative estimate of drug-likeness (QED) is 0.0477. The van der Waals surface area contributed by atoms with E-state index in [1.54, 1.807) is 18.4 Å². The fourth-order valence-corrected chi connectivity index (χ4v) is 7.88. The second kappa shape index (κ2) is 13.7. The number of thioether (sulfide) groups is 2. The molecule has 3 aromatic rings. The summed E-state index contributed by atoms with van der Waals surface area (Å²) in [6.07, 6.45) is 0. The number of nitrogens with two attached hydrogens (primary N) is 1. The van der Waals surface area contributed by atoms with Crippen LogP contribution in [0.15, 0.2) is 49.7 Å². The standard InChI is InChI=1S/C24H22N6O7S4.Na/c1-2-37-29-16(13-9-39-23(25)26-13)19(33)28-17-20(34)30-18(22(35)36)11(6-38-21(17)30)7-40-24-27-12(8-41-24)10-3-4-14(31)15(32)5-10;/h3-5,8-9,17,21,31-32H,2,6-7H2,1H3,(H2,25,26)(H,28,33)(H,35,36);/q;+1/p-1/t17-,21-;/m1./s1. The van der Waals surface area contributed by atoms with Crippen molar-refractivity contribution in [2.24, 2.45) is 5.16 Å². The smallest absolute Gasteiger partial charge is 0.543 e. The Morgan fingerprint density at radius 1 is 1.26 bits per heavy atom. The number of carbonyl (C=O) groups excluding carboxylic acids is 3. The minimum atomic E-state index is -1.49. The molecule has 2 aliphatic rings. The van der Waals surface area contributed by atoms with Gasteiger partial charge >= 0.3 is 29.6 Å². The number of anilines is 1.